The topological polar surface area (TPSA) is 103 Å². The predicted octanol–water partition coefficient (Wildman–Crippen LogP) is 2.37. The van der Waals surface area contributed by atoms with Gasteiger partial charge in [0, 0.05) is 11.3 Å². The van der Waals surface area contributed by atoms with Crippen molar-refractivity contribution in [2.24, 2.45) is 0 Å². The minimum atomic E-state index is -0.520. The second-order valence-electron chi connectivity index (χ2n) is 4.97. The molecule has 7 nitrogen and oxygen atoms in total. The number of nitrogens with one attached hydrogen (secondary N) is 1. The number of carbonyl (C=O) groups excluding carboxylic acids is 2. The molecule has 1 atom stereocenters. The van der Waals surface area contributed by atoms with E-state index in [1.54, 1.807) is 28.8 Å². The van der Waals surface area contributed by atoms with Gasteiger partial charge in [-0.15, -0.1) is 10.2 Å². The summed E-state index contributed by atoms with van der Waals surface area (Å²) in [5.41, 5.74) is 6.95. The van der Waals surface area contributed by atoms with Gasteiger partial charge in [-0.3, -0.25) is 14.2 Å². The summed E-state index contributed by atoms with van der Waals surface area (Å²) in [4.78, 5) is 24.0. The summed E-state index contributed by atoms with van der Waals surface area (Å²) in [6, 6.07) is 6.31. The molecule has 0 aliphatic rings. The van der Waals surface area contributed by atoms with E-state index in [4.69, 9.17) is 5.73 Å². The van der Waals surface area contributed by atoms with Gasteiger partial charge >= 0.3 is 0 Å². The normalized spacial score (nSPS) is 12.0. The van der Waals surface area contributed by atoms with Gasteiger partial charge in [0.25, 0.3) is 0 Å². The molecule has 0 bridgehead atoms. The number of nitrogens with zero attached hydrogens (tertiary/aromatic N) is 3. The molecule has 3 N–H and O–H groups in total. The van der Waals surface area contributed by atoms with Crippen LogP contribution >= 0.6 is 11.8 Å². The summed E-state index contributed by atoms with van der Waals surface area (Å²) in [6.07, 6.45) is 2.38. The molecule has 2 aromatic rings. The van der Waals surface area contributed by atoms with Crippen LogP contribution in [-0.2, 0) is 4.79 Å². The zero-order chi connectivity index (χ0) is 17.0. The van der Waals surface area contributed by atoms with Crippen molar-refractivity contribution in [3.8, 4) is 0 Å². The van der Waals surface area contributed by atoms with Gasteiger partial charge in [0.15, 0.2) is 10.9 Å². The van der Waals surface area contributed by atoms with E-state index >= 15 is 0 Å². The molecule has 0 aliphatic heterocycles. The molecule has 23 heavy (non-hydrogen) atoms. The zero-order valence-corrected chi connectivity index (χ0v) is 14.1. The summed E-state index contributed by atoms with van der Waals surface area (Å²) in [7, 11) is 0. The number of nitrogens with two attached hydrogens (primary N) is 1. The third-order valence-electron chi connectivity index (χ3n) is 3.41. The number of ketones is 1. The standard InChI is InChI=1S/C15H19N5O2S/c1-4-12(20-14(16)18-19-15(20)23-3)13(22)17-11-7-5-6-10(8-11)9(2)21/h5-8,12H,4H2,1-3H3,(H2,16,18)(H,17,22). The number of aromatic nitrogens is 3. The lowest BCUT2D eigenvalue weighted by Crippen LogP contribution is -2.27. The first kappa shape index (κ1) is 17.0. The maximum atomic E-state index is 12.6. The largest absolute Gasteiger partial charge is 0.368 e. The average Bonchev–Trinajstić information content (AvgIpc) is 2.89. The fourth-order valence-electron chi connectivity index (χ4n) is 2.25. The molecule has 0 saturated carbocycles. The van der Waals surface area contributed by atoms with E-state index in [2.05, 4.69) is 15.5 Å². The van der Waals surface area contributed by atoms with E-state index in [0.29, 0.717) is 22.8 Å². The second kappa shape index (κ2) is 7.28. The van der Waals surface area contributed by atoms with Crippen LogP contribution in [0, 0.1) is 0 Å². The molecule has 1 unspecified atom stereocenters. The number of rotatable bonds is 6. The van der Waals surface area contributed by atoms with Crippen LogP contribution in [0.5, 0.6) is 0 Å². The number of amides is 1. The number of carbonyl (C=O) groups is 2. The van der Waals surface area contributed by atoms with Crippen LogP contribution in [0.15, 0.2) is 29.4 Å². The number of anilines is 2. The molecule has 2 rings (SSSR count). The second-order valence-corrected chi connectivity index (χ2v) is 5.74. The van der Waals surface area contributed by atoms with Gasteiger partial charge in [0.05, 0.1) is 0 Å². The number of Topliss-reactive ketones (excluding diaryl/α,β-unsaturated/α-hetero) is 1. The predicted molar refractivity (Wildman–Crippen MR) is 90.6 cm³/mol. The van der Waals surface area contributed by atoms with E-state index in [-0.39, 0.29) is 17.6 Å². The van der Waals surface area contributed by atoms with Crippen LogP contribution in [0.3, 0.4) is 0 Å². The Kier molecular flexibility index (Phi) is 5.38. The van der Waals surface area contributed by atoms with Gasteiger partial charge in [-0.25, -0.2) is 0 Å². The van der Waals surface area contributed by atoms with Crippen molar-refractivity contribution in [1.82, 2.24) is 14.8 Å². The lowest BCUT2D eigenvalue weighted by Gasteiger charge is -2.18. The number of thioether (sulfide) groups is 1. The van der Waals surface area contributed by atoms with Crippen molar-refractivity contribution in [2.45, 2.75) is 31.5 Å². The smallest absolute Gasteiger partial charge is 0.247 e. The fourth-order valence-corrected chi connectivity index (χ4v) is 2.79. The van der Waals surface area contributed by atoms with Crippen LogP contribution in [0.2, 0.25) is 0 Å². The van der Waals surface area contributed by atoms with Crippen molar-refractivity contribution in [1.29, 1.82) is 0 Å². The molecular weight excluding hydrogens is 314 g/mol. The van der Waals surface area contributed by atoms with Gasteiger partial charge < -0.3 is 11.1 Å². The molecule has 1 heterocycles. The highest BCUT2D eigenvalue weighted by Crippen LogP contribution is 2.24. The number of hydrogen-bond donors (Lipinski definition) is 2. The maximum absolute atomic E-state index is 12.6. The lowest BCUT2D eigenvalue weighted by molar-refractivity contribution is -0.119. The molecule has 0 spiro atoms. The third kappa shape index (κ3) is 3.70. The molecule has 122 valence electrons. The molecule has 0 aliphatic carbocycles. The Bertz CT molecular complexity index is 728. The molecule has 0 radical (unpaired) electrons. The summed E-state index contributed by atoms with van der Waals surface area (Å²) >= 11 is 1.37. The lowest BCUT2D eigenvalue weighted by atomic mass is 10.1. The van der Waals surface area contributed by atoms with Crippen LogP contribution in [0.4, 0.5) is 11.6 Å². The average molecular weight is 333 g/mol. The van der Waals surface area contributed by atoms with Crippen LogP contribution in [0.25, 0.3) is 0 Å². The highest BCUT2D eigenvalue weighted by Gasteiger charge is 2.24. The summed E-state index contributed by atoms with van der Waals surface area (Å²) < 4.78 is 1.62. The third-order valence-corrected chi connectivity index (χ3v) is 4.05. The van der Waals surface area contributed by atoms with Gasteiger partial charge in [0.2, 0.25) is 11.9 Å². The highest BCUT2D eigenvalue weighted by molar-refractivity contribution is 7.98. The first-order valence-corrected chi connectivity index (χ1v) is 8.36. The van der Waals surface area contributed by atoms with Crippen molar-refractivity contribution >= 4 is 35.1 Å². The molecule has 0 saturated heterocycles. The Balaban J connectivity index is 2.25. The van der Waals surface area contributed by atoms with Gasteiger partial charge in [-0.05, 0) is 31.7 Å². The Morgan fingerprint density at radius 2 is 2.13 bits per heavy atom. The number of nitrogen functional groups attached to an aromatic ring is 1. The van der Waals surface area contributed by atoms with Crippen molar-refractivity contribution < 1.29 is 9.59 Å². The van der Waals surface area contributed by atoms with Crippen molar-refractivity contribution in [3.63, 3.8) is 0 Å². The zero-order valence-electron chi connectivity index (χ0n) is 13.2. The van der Waals surface area contributed by atoms with Crippen molar-refractivity contribution in [3.05, 3.63) is 29.8 Å². The maximum Gasteiger partial charge on any atom is 0.247 e. The Morgan fingerprint density at radius 1 is 1.39 bits per heavy atom. The molecule has 1 amide bonds. The van der Waals surface area contributed by atoms with E-state index in [1.165, 1.54) is 18.7 Å². The summed E-state index contributed by atoms with van der Waals surface area (Å²) in [5, 5.41) is 11.2. The molecule has 1 aromatic carbocycles. The Hall–Kier alpha value is -2.35. The molecule has 0 fully saturated rings. The van der Waals surface area contributed by atoms with Crippen LogP contribution < -0.4 is 11.1 Å². The molecule has 1 aromatic heterocycles. The SMILES string of the molecule is CCC(C(=O)Nc1cccc(C(C)=O)c1)n1c(N)nnc1SC. The quantitative estimate of drug-likeness (QED) is 0.621. The van der Waals surface area contributed by atoms with E-state index in [0.717, 1.165) is 0 Å². The Labute approximate surface area is 138 Å². The van der Waals surface area contributed by atoms with Crippen LogP contribution in [-0.4, -0.2) is 32.7 Å². The first-order chi connectivity index (χ1) is 11.0. The summed E-state index contributed by atoms with van der Waals surface area (Å²) in [6.45, 7) is 3.37. The fraction of sp³-hybridized carbons (Fsp3) is 0.333. The summed E-state index contributed by atoms with van der Waals surface area (Å²) in [5.74, 6) is -0.0790. The van der Waals surface area contributed by atoms with Crippen LogP contribution in [0.1, 0.15) is 36.7 Å². The Morgan fingerprint density at radius 3 is 2.74 bits per heavy atom. The van der Waals surface area contributed by atoms with E-state index in [1.807, 2.05) is 13.2 Å². The van der Waals surface area contributed by atoms with Gasteiger partial charge in [0.1, 0.15) is 6.04 Å². The number of benzene rings is 1. The molecule has 8 heteroatoms. The molecular formula is C15H19N5O2S. The van der Waals surface area contributed by atoms with E-state index < -0.39 is 6.04 Å². The number of hydrogen-bond acceptors (Lipinski definition) is 6. The monoisotopic (exact) mass is 333 g/mol. The minimum Gasteiger partial charge on any atom is -0.368 e. The van der Waals surface area contributed by atoms with Crippen molar-refractivity contribution in [2.75, 3.05) is 17.3 Å². The minimum absolute atomic E-state index is 0.0548. The van der Waals surface area contributed by atoms with Gasteiger partial charge in [-0.2, -0.15) is 0 Å². The van der Waals surface area contributed by atoms with Gasteiger partial charge in [-0.1, -0.05) is 30.8 Å². The first-order valence-electron chi connectivity index (χ1n) is 7.14. The highest BCUT2D eigenvalue weighted by atomic mass is 32.2. The van der Waals surface area contributed by atoms with E-state index in [9.17, 15) is 9.59 Å².